The van der Waals surface area contributed by atoms with Gasteiger partial charge in [-0.05, 0) is 23.6 Å². The SMILES string of the molecule is C=CCOc1ccccc1CNC(=NC)NCC(O)c1cc2ccccc2s1. The summed E-state index contributed by atoms with van der Waals surface area (Å²) >= 11 is 1.61. The van der Waals surface area contributed by atoms with Crippen LogP contribution >= 0.6 is 11.3 Å². The van der Waals surface area contributed by atoms with Crippen LogP contribution in [0.3, 0.4) is 0 Å². The van der Waals surface area contributed by atoms with Crippen LogP contribution in [0.25, 0.3) is 10.1 Å². The van der Waals surface area contributed by atoms with Gasteiger partial charge in [0.25, 0.3) is 0 Å². The number of benzene rings is 2. The van der Waals surface area contributed by atoms with E-state index in [1.165, 1.54) is 4.70 Å². The van der Waals surface area contributed by atoms with Gasteiger partial charge in [0.05, 0.1) is 0 Å². The second-order valence-corrected chi connectivity index (χ2v) is 7.33. The van der Waals surface area contributed by atoms with E-state index < -0.39 is 6.10 Å². The molecule has 6 heteroatoms. The van der Waals surface area contributed by atoms with Gasteiger partial charge in [0.2, 0.25) is 0 Å². The first-order chi connectivity index (χ1) is 13.7. The average Bonchev–Trinajstić information content (AvgIpc) is 3.17. The third-order valence-electron chi connectivity index (χ3n) is 4.24. The Hall–Kier alpha value is -2.83. The number of para-hydroxylation sites is 1. The van der Waals surface area contributed by atoms with Gasteiger partial charge in [-0.15, -0.1) is 11.3 Å². The lowest BCUT2D eigenvalue weighted by Gasteiger charge is -2.16. The fourth-order valence-electron chi connectivity index (χ4n) is 2.80. The zero-order chi connectivity index (χ0) is 19.8. The molecular formula is C22H25N3O2S. The van der Waals surface area contributed by atoms with E-state index >= 15 is 0 Å². The normalized spacial score (nSPS) is 12.6. The molecule has 0 aliphatic heterocycles. The van der Waals surface area contributed by atoms with Gasteiger partial charge in [-0.1, -0.05) is 49.1 Å². The Labute approximate surface area is 169 Å². The van der Waals surface area contributed by atoms with Gasteiger partial charge in [-0.2, -0.15) is 0 Å². The Kier molecular flexibility index (Phi) is 7.06. The van der Waals surface area contributed by atoms with Crippen LogP contribution < -0.4 is 15.4 Å². The molecule has 28 heavy (non-hydrogen) atoms. The van der Waals surface area contributed by atoms with E-state index in [0.717, 1.165) is 21.6 Å². The largest absolute Gasteiger partial charge is 0.489 e. The van der Waals surface area contributed by atoms with Gasteiger partial charge in [0.15, 0.2) is 5.96 Å². The molecule has 0 saturated carbocycles. The van der Waals surface area contributed by atoms with Gasteiger partial charge >= 0.3 is 0 Å². The summed E-state index contributed by atoms with van der Waals surface area (Å²) in [5.74, 6) is 1.44. The number of ether oxygens (including phenoxy) is 1. The quantitative estimate of drug-likeness (QED) is 0.308. The highest BCUT2D eigenvalue weighted by atomic mass is 32.1. The van der Waals surface area contributed by atoms with Crippen molar-refractivity contribution in [3.8, 4) is 5.75 Å². The summed E-state index contributed by atoms with van der Waals surface area (Å²) < 4.78 is 6.86. The van der Waals surface area contributed by atoms with E-state index in [1.54, 1.807) is 24.5 Å². The summed E-state index contributed by atoms with van der Waals surface area (Å²) in [6.45, 7) is 5.08. The van der Waals surface area contributed by atoms with Gasteiger partial charge in [0.1, 0.15) is 18.5 Å². The van der Waals surface area contributed by atoms with Crippen LogP contribution in [0.1, 0.15) is 16.5 Å². The molecule has 3 rings (SSSR count). The molecule has 0 aliphatic carbocycles. The van der Waals surface area contributed by atoms with Crippen LogP contribution in [0.2, 0.25) is 0 Å². The highest BCUT2D eigenvalue weighted by molar-refractivity contribution is 7.19. The van der Waals surface area contributed by atoms with E-state index in [-0.39, 0.29) is 0 Å². The minimum absolute atomic E-state index is 0.376. The minimum atomic E-state index is -0.598. The second-order valence-electron chi connectivity index (χ2n) is 6.22. The van der Waals surface area contributed by atoms with Crippen LogP contribution in [0, 0.1) is 0 Å². The lowest BCUT2D eigenvalue weighted by molar-refractivity contribution is 0.184. The third kappa shape index (κ3) is 5.12. The molecule has 1 heterocycles. The second kappa shape index (κ2) is 9.92. The minimum Gasteiger partial charge on any atom is -0.489 e. The maximum absolute atomic E-state index is 10.5. The maximum atomic E-state index is 10.5. The molecule has 5 nitrogen and oxygen atoms in total. The van der Waals surface area contributed by atoms with Crippen molar-refractivity contribution in [2.45, 2.75) is 12.6 Å². The lowest BCUT2D eigenvalue weighted by Crippen LogP contribution is -2.38. The van der Waals surface area contributed by atoms with Crippen LogP contribution in [0.15, 0.2) is 72.2 Å². The molecule has 0 spiro atoms. The first kappa shape index (κ1) is 19.9. The number of aliphatic imine (C=N–C) groups is 1. The molecule has 0 aliphatic rings. The van der Waals surface area contributed by atoms with Crippen LogP contribution in [-0.2, 0) is 6.54 Å². The molecule has 1 unspecified atom stereocenters. The lowest BCUT2D eigenvalue weighted by atomic mass is 10.2. The number of rotatable bonds is 8. The third-order valence-corrected chi connectivity index (χ3v) is 5.45. The zero-order valence-electron chi connectivity index (χ0n) is 15.9. The van der Waals surface area contributed by atoms with Gasteiger partial charge in [0, 0.05) is 35.3 Å². The smallest absolute Gasteiger partial charge is 0.191 e. The van der Waals surface area contributed by atoms with Gasteiger partial charge in [-0.3, -0.25) is 4.99 Å². The number of hydrogen-bond donors (Lipinski definition) is 3. The number of aliphatic hydroxyl groups is 1. The Morgan fingerprint density at radius 2 is 2.00 bits per heavy atom. The standard InChI is InChI=1S/C22H25N3O2S/c1-3-12-27-19-10-6-4-9-17(19)14-24-22(23-2)25-15-18(26)21-13-16-8-5-7-11-20(16)28-21/h3-11,13,18,26H,1,12,14-15H2,2H3,(H2,23,24,25). The molecule has 1 aromatic heterocycles. The maximum Gasteiger partial charge on any atom is 0.191 e. The average molecular weight is 396 g/mol. The van der Waals surface area contributed by atoms with Crippen molar-refractivity contribution < 1.29 is 9.84 Å². The van der Waals surface area contributed by atoms with E-state index in [9.17, 15) is 5.11 Å². The number of thiophene rings is 1. The van der Waals surface area contributed by atoms with Crippen LogP contribution in [0.4, 0.5) is 0 Å². The Morgan fingerprint density at radius 1 is 1.21 bits per heavy atom. The summed E-state index contributed by atoms with van der Waals surface area (Å²) in [5.41, 5.74) is 1.03. The first-order valence-electron chi connectivity index (χ1n) is 9.14. The summed E-state index contributed by atoms with van der Waals surface area (Å²) in [5, 5.41) is 18.1. The Balaban J connectivity index is 1.55. The monoisotopic (exact) mass is 395 g/mol. The van der Waals surface area contributed by atoms with Crippen molar-refractivity contribution in [3.63, 3.8) is 0 Å². The first-order valence-corrected chi connectivity index (χ1v) is 9.95. The van der Waals surface area contributed by atoms with Crippen molar-refractivity contribution in [3.05, 3.63) is 77.7 Å². The number of nitrogens with zero attached hydrogens (tertiary/aromatic N) is 1. The molecular weight excluding hydrogens is 370 g/mol. The van der Waals surface area contributed by atoms with Gasteiger partial charge < -0.3 is 20.5 Å². The predicted octanol–water partition coefficient (Wildman–Crippen LogP) is 3.86. The Bertz CT molecular complexity index is 919. The predicted molar refractivity (Wildman–Crippen MR) is 117 cm³/mol. The molecule has 3 N–H and O–H groups in total. The topological polar surface area (TPSA) is 65.9 Å². The van der Waals surface area contributed by atoms with E-state index in [1.807, 2.05) is 42.5 Å². The zero-order valence-corrected chi connectivity index (χ0v) is 16.7. The number of fused-ring (bicyclic) bond motifs is 1. The van der Waals surface area contributed by atoms with Crippen molar-refractivity contribution in [2.24, 2.45) is 4.99 Å². The summed E-state index contributed by atoms with van der Waals surface area (Å²) in [7, 11) is 1.71. The Morgan fingerprint density at radius 3 is 2.79 bits per heavy atom. The fraction of sp³-hybridized carbons (Fsp3) is 0.227. The molecule has 0 bridgehead atoms. The van der Waals surface area contributed by atoms with Crippen molar-refractivity contribution in [1.82, 2.24) is 10.6 Å². The molecule has 0 saturated heterocycles. The van der Waals surface area contributed by atoms with E-state index in [0.29, 0.717) is 25.7 Å². The van der Waals surface area contributed by atoms with Gasteiger partial charge in [-0.25, -0.2) is 0 Å². The highest BCUT2D eigenvalue weighted by Crippen LogP contribution is 2.29. The molecule has 3 aromatic rings. The number of hydrogen-bond acceptors (Lipinski definition) is 4. The summed E-state index contributed by atoms with van der Waals surface area (Å²) in [6.07, 6.45) is 1.12. The van der Waals surface area contributed by atoms with Crippen molar-refractivity contribution in [2.75, 3.05) is 20.2 Å². The molecule has 0 amide bonds. The summed E-state index contributed by atoms with van der Waals surface area (Å²) in [6, 6.07) is 18.0. The summed E-state index contributed by atoms with van der Waals surface area (Å²) in [4.78, 5) is 5.17. The highest BCUT2D eigenvalue weighted by Gasteiger charge is 2.12. The molecule has 1 atom stereocenters. The van der Waals surface area contributed by atoms with E-state index in [2.05, 4.69) is 34.3 Å². The molecule has 0 radical (unpaired) electrons. The van der Waals surface area contributed by atoms with Crippen LogP contribution in [0.5, 0.6) is 5.75 Å². The fourth-order valence-corrected chi connectivity index (χ4v) is 3.85. The van der Waals surface area contributed by atoms with E-state index in [4.69, 9.17) is 4.74 Å². The van der Waals surface area contributed by atoms with Crippen molar-refractivity contribution >= 4 is 27.4 Å². The molecule has 146 valence electrons. The number of guanidine groups is 1. The number of aliphatic hydroxyl groups excluding tert-OH is 1. The molecule has 0 fully saturated rings. The van der Waals surface area contributed by atoms with Crippen molar-refractivity contribution in [1.29, 1.82) is 0 Å². The molecule has 2 aromatic carbocycles. The number of nitrogens with one attached hydrogen (secondary N) is 2. The van der Waals surface area contributed by atoms with Crippen LogP contribution in [-0.4, -0.2) is 31.3 Å².